The van der Waals surface area contributed by atoms with Crippen molar-refractivity contribution in [1.82, 2.24) is 0 Å². The van der Waals surface area contributed by atoms with E-state index in [1.54, 1.807) is 0 Å². The molecule has 1 atom stereocenters. The summed E-state index contributed by atoms with van der Waals surface area (Å²) < 4.78 is 13.8. The highest BCUT2D eigenvalue weighted by Gasteiger charge is 2.23. The fourth-order valence-corrected chi connectivity index (χ4v) is 0.989. The highest BCUT2D eigenvalue weighted by molar-refractivity contribution is 5.78. The summed E-state index contributed by atoms with van der Waals surface area (Å²) in [6, 6.07) is 0. The van der Waals surface area contributed by atoms with Gasteiger partial charge in [0.15, 0.2) is 0 Å². The minimum Gasteiger partial charge on any atom is -0.481 e. The molecule has 1 unspecified atom stereocenters. The quantitative estimate of drug-likeness (QED) is 0.351. The van der Waals surface area contributed by atoms with Gasteiger partial charge in [-0.1, -0.05) is 0 Å². The van der Waals surface area contributed by atoms with E-state index < -0.39 is 37.0 Å². The van der Waals surface area contributed by atoms with E-state index in [4.69, 9.17) is 20.1 Å². The Kier molecular flexibility index (Phi) is 9.10. The van der Waals surface area contributed by atoms with Crippen LogP contribution in [0.3, 0.4) is 0 Å². The molecule has 3 N–H and O–H groups in total. The largest absolute Gasteiger partial charge is 0.508 e. The summed E-state index contributed by atoms with van der Waals surface area (Å²) in [5.41, 5.74) is 0. The van der Waals surface area contributed by atoms with Crippen LogP contribution in [0.5, 0.6) is 0 Å². The number of rotatable bonds is 10. The Morgan fingerprint density at radius 1 is 1.00 bits per heavy atom. The van der Waals surface area contributed by atoms with Crippen molar-refractivity contribution < 1.29 is 43.9 Å². The number of carboxylic acid groups (broad SMARTS) is 2. The third-order valence-corrected chi connectivity index (χ3v) is 1.86. The zero-order chi connectivity index (χ0) is 14.7. The molecule has 0 fully saturated rings. The van der Waals surface area contributed by atoms with E-state index in [-0.39, 0.29) is 26.4 Å². The van der Waals surface area contributed by atoms with Crippen molar-refractivity contribution in [2.75, 3.05) is 33.0 Å². The van der Waals surface area contributed by atoms with Crippen molar-refractivity contribution in [2.45, 2.75) is 6.42 Å². The molecule has 0 saturated heterocycles. The number of aliphatic hydroxyl groups excluding tert-OH is 1. The molecular formula is C10H16O9. The Labute approximate surface area is 108 Å². The van der Waals surface area contributed by atoms with Crippen molar-refractivity contribution in [3.05, 3.63) is 0 Å². The van der Waals surface area contributed by atoms with Crippen molar-refractivity contribution in [2.24, 2.45) is 5.92 Å². The number of carbonyl (C=O) groups is 3. The van der Waals surface area contributed by atoms with Gasteiger partial charge in [0.05, 0.1) is 26.2 Å². The highest BCUT2D eigenvalue weighted by atomic mass is 16.7. The number of hydrogen-bond acceptors (Lipinski definition) is 7. The molecule has 0 spiro atoms. The Morgan fingerprint density at radius 3 is 2.21 bits per heavy atom. The van der Waals surface area contributed by atoms with E-state index in [9.17, 15) is 14.4 Å². The lowest BCUT2D eigenvalue weighted by atomic mass is 10.1. The zero-order valence-corrected chi connectivity index (χ0v) is 10.1. The van der Waals surface area contributed by atoms with Gasteiger partial charge in [0, 0.05) is 0 Å². The van der Waals surface area contributed by atoms with Crippen LogP contribution in [0.15, 0.2) is 0 Å². The third-order valence-electron chi connectivity index (χ3n) is 1.86. The molecule has 0 saturated carbocycles. The molecule has 0 bridgehead atoms. The first kappa shape index (κ1) is 17.1. The van der Waals surface area contributed by atoms with Crippen LogP contribution in [0.2, 0.25) is 0 Å². The summed E-state index contributed by atoms with van der Waals surface area (Å²) in [4.78, 5) is 32.0. The van der Waals surface area contributed by atoms with Gasteiger partial charge in [-0.25, -0.2) is 4.79 Å². The number of aliphatic hydroxyl groups is 1. The van der Waals surface area contributed by atoms with Crippen molar-refractivity contribution >= 4 is 18.1 Å². The predicted octanol–water partition coefficient (Wildman–Crippen LogP) is -0.676. The fourth-order valence-electron chi connectivity index (χ4n) is 0.989. The van der Waals surface area contributed by atoms with Crippen molar-refractivity contribution in [3.63, 3.8) is 0 Å². The number of carbonyl (C=O) groups excluding carboxylic acids is 1. The Balaban J connectivity index is 3.79. The minimum atomic E-state index is -1.37. The predicted molar refractivity (Wildman–Crippen MR) is 58.6 cm³/mol. The molecule has 0 rings (SSSR count). The van der Waals surface area contributed by atoms with Gasteiger partial charge in [-0.15, -0.1) is 0 Å². The summed E-state index contributed by atoms with van der Waals surface area (Å²) in [7, 11) is 0. The lowest BCUT2D eigenvalue weighted by Crippen LogP contribution is -2.25. The Bertz CT molecular complexity index is 301. The fraction of sp³-hybridized carbons (Fsp3) is 0.700. The molecular weight excluding hydrogens is 264 g/mol. The van der Waals surface area contributed by atoms with E-state index >= 15 is 0 Å². The van der Waals surface area contributed by atoms with Crippen LogP contribution in [-0.2, 0) is 23.8 Å². The van der Waals surface area contributed by atoms with Crippen LogP contribution < -0.4 is 0 Å². The van der Waals surface area contributed by atoms with Crippen LogP contribution >= 0.6 is 0 Å². The first-order chi connectivity index (χ1) is 8.97. The van der Waals surface area contributed by atoms with Crippen molar-refractivity contribution in [3.8, 4) is 0 Å². The first-order valence-electron chi connectivity index (χ1n) is 5.40. The van der Waals surface area contributed by atoms with E-state index in [0.717, 1.165) is 0 Å². The van der Waals surface area contributed by atoms with E-state index in [2.05, 4.69) is 9.47 Å². The Morgan fingerprint density at radius 2 is 1.68 bits per heavy atom. The van der Waals surface area contributed by atoms with E-state index in [0.29, 0.717) is 0 Å². The molecule has 0 heterocycles. The van der Waals surface area contributed by atoms with E-state index in [1.165, 1.54) is 0 Å². The molecule has 0 aliphatic heterocycles. The molecule has 0 aromatic heterocycles. The molecule has 0 aromatic carbocycles. The number of hydrogen-bond donors (Lipinski definition) is 3. The van der Waals surface area contributed by atoms with Gasteiger partial charge >= 0.3 is 18.1 Å². The number of ether oxygens (including phenoxy) is 3. The van der Waals surface area contributed by atoms with Crippen LogP contribution in [0, 0.1) is 5.92 Å². The second-order valence-corrected chi connectivity index (χ2v) is 3.38. The summed E-state index contributed by atoms with van der Waals surface area (Å²) >= 11 is 0. The van der Waals surface area contributed by atoms with Gasteiger partial charge in [0.1, 0.15) is 19.1 Å². The maximum absolute atomic E-state index is 11.0. The van der Waals surface area contributed by atoms with Gasteiger partial charge in [0.25, 0.3) is 0 Å². The van der Waals surface area contributed by atoms with Gasteiger partial charge in [-0.05, 0) is 0 Å². The van der Waals surface area contributed by atoms with E-state index in [1.807, 2.05) is 0 Å². The molecule has 19 heavy (non-hydrogen) atoms. The summed E-state index contributed by atoms with van der Waals surface area (Å²) in [5, 5.41) is 25.5. The summed E-state index contributed by atoms with van der Waals surface area (Å²) in [6.07, 6.45) is -1.76. The Hall–Kier alpha value is -1.87. The van der Waals surface area contributed by atoms with Crippen LogP contribution in [0.4, 0.5) is 4.79 Å². The highest BCUT2D eigenvalue weighted by Crippen LogP contribution is 2.05. The topological polar surface area (TPSA) is 140 Å². The molecule has 9 nitrogen and oxygen atoms in total. The smallest absolute Gasteiger partial charge is 0.481 e. The van der Waals surface area contributed by atoms with Crippen molar-refractivity contribution in [1.29, 1.82) is 0 Å². The second kappa shape index (κ2) is 10.1. The van der Waals surface area contributed by atoms with Gasteiger partial charge in [0.2, 0.25) is 0 Å². The minimum absolute atomic E-state index is 0.0626. The second-order valence-electron chi connectivity index (χ2n) is 3.38. The number of aliphatic carboxylic acids is 2. The van der Waals surface area contributed by atoms with Crippen LogP contribution in [0.1, 0.15) is 6.42 Å². The normalized spacial score (nSPS) is 11.6. The monoisotopic (exact) mass is 280 g/mol. The molecule has 110 valence electrons. The first-order valence-corrected chi connectivity index (χ1v) is 5.40. The molecule has 9 heteroatoms. The van der Waals surface area contributed by atoms with Crippen LogP contribution in [-0.4, -0.2) is 66.4 Å². The molecule has 0 aliphatic carbocycles. The number of carboxylic acids is 2. The maximum Gasteiger partial charge on any atom is 0.508 e. The molecule has 0 amide bonds. The SMILES string of the molecule is O=C(O)CC(COC(=O)OCCOCCO)C(=O)O. The van der Waals surface area contributed by atoms with Gasteiger partial charge in [-0.2, -0.15) is 0 Å². The van der Waals surface area contributed by atoms with Crippen LogP contribution in [0.25, 0.3) is 0 Å². The van der Waals surface area contributed by atoms with Gasteiger partial charge < -0.3 is 29.5 Å². The third kappa shape index (κ3) is 9.80. The molecule has 0 aliphatic rings. The average Bonchev–Trinajstić information content (AvgIpc) is 2.33. The summed E-state index contributed by atoms with van der Waals surface area (Å²) in [6.45, 7) is -0.682. The average molecular weight is 280 g/mol. The lowest BCUT2D eigenvalue weighted by Gasteiger charge is -2.10. The molecule has 0 radical (unpaired) electrons. The summed E-state index contributed by atoms with van der Waals surface area (Å²) in [5.74, 6) is -4.00. The van der Waals surface area contributed by atoms with Gasteiger partial charge in [-0.3, -0.25) is 9.59 Å². The molecule has 0 aromatic rings. The maximum atomic E-state index is 11.0. The zero-order valence-electron chi connectivity index (χ0n) is 10.1. The lowest BCUT2D eigenvalue weighted by molar-refractivity contribution is -0.149. The standard InChI is InChI=1S/C10H16O9/c11-1-2-17-3-4-18-10(16)19-6-7(9(14)15)5-8(12)13/h7,11H,1-6H2,(H,12,13)(H,14,15).